The molecule has 29 heteroatoms. The van der Waals surface area contributed by atoms with Crippen molar-refractivity contribution in [3.63, 3.8) is 0 Å². The first kappa shape index (κ1) is 78.5. The van der Waals surface area contributed by atoms with Crippen molar-refractivity contribution in [1.82, 2.24) is 0 Å². The number of benzene rings is 8. The van der Waals surface area contributed by atoms with E-state index < -0.39 is 203 Å². The van der Waals surface area contributed by atoms with Crippen LogP contribution in [0.25, 0.3) is 0 Å². The number of alkyl halides is 24. The molecule has 8 aromatic carbocycles. The van der Waals surface area contributed by atoms with Gasteiger partial charge in [0.1, 0.15) is 11.9 Å². The second kappa shape index (κ2) is 29.8. The summed E-state index contributed by atoms with van der Waals surface area (Å²) in [5.41, 5.74) is -28.0. The average Bonchev–Trinajstić information content (AvgIpc) is 0.709. The molecule has 2 aliphatic rings. The maximum atomic E-state index is 14.2. The van der Waals surface area contributed by atoms with Crippen molar-refractivity contribution >= 4 is 57.7 Å². The van der Waals surface area contributed by atoms with E-state index in [1.54, 1.807) is 0 Å². The zero-order valence-electron chi connectivity index (χ0n) is 51.3. The molecule has 10 rings (SSSR count). The van der Waals surface area contributed by atoms with E-state index in [1.165, 1.54) is 41.6 Å². The first-order chi connectivity index (χ1) is 45.3. The van der Waals surface area contributed by atoms with Crippen LogP contribution in [0.5, 0.6) is 5.75 Å². The first-order valence-electron chi connectivity index (χ1n) is 29.3. The summed E-state index contributed by atoms with van der Waals surface area (Å²) in [6, 6.07) is 29.7. The number of halogens is 24. The summed E-state index contributed by atoms with van der Waals surface area (Å²) in [6.07, 6.45) is -40.8. The van der Waals surface area contributed by atoms with Crippen molar-refractivity contribution in [3.8, 4) is 5.75 Å². The van der Waals surface area contributed by atoms with Crippen molar-refractivity contribution in [3.05, 3.63) is 262 Å². The number of para-hydroxylation sites is 1. The third-order valence-corrected chi connectivity index (χ3v) is 18.2. The van der Waals surface area contributed by atoms with Crippen molar-refractivity contribution in [2.75, 3.05) is 0 Å². The largest absolute Gasteiger partial charge is 0.438 e. The van der Waals surface area contributed by atoms with Gasteiger partial charge in [-0.2, -0.15) is 127 Å². The minimum absolute atomic E-state index is 0. The van der Waals surface area contributed by atoms with Gasteiger partial charge in [0, 0.05) is 31.2 Å². The van der Waals surface area contributed by atoms with Crippen LogP contribution in [0.3, 0.4) is 0 Å². The molecule has 0 N–H and O–H groups in total. The van der Waals surface area contributed by atoms with Gasteiger partial charge in [-0.25, -0.2) is 4.99 Å². The normalized spacial score (nSPS) is 15.7. The van der Waals surface area contributed by atoms with Gasteiger partial charge in [0.05, 0.1) is 50.5 Å². The Morgan fingerprint density at radius 1 is 0.343 bits per heavy atom. The molecule has 0 spiro atoms. The second-order valence-corrected chi connectivity index (χ2v) is 25.9. The molecule has 1 aliphatic carbocycles. The fraction of sp³-hybridized carbons (Fsp3) is 0.243. The van der Waals surface area contributed by atoms with Crippen molar-refractivity contribution < 1.29 is 130 Å². The molecule has 8 aromatic rings. The van der Waals surface area contributed by atoms with E-state index in [-0.39, 0.29) is 31.6 Å². The number of allylic oxidation sites excluding steroid dienone is 4. The molecular weight excluding hydrogens is 1560 g/mol. The van der Waals surface area contributed by atoms with Crippen LogP contribution in [0.15, 0.2) is 211 Å². The maximum Gasteiger partial charge on any atom is 0.416 e. The molecule has 0 saturated heterocycles. The monoisotopic (exact) mass is 1610 g/mol. The Hall–Kier alpha value is -7.83. The van der Waals surface area contributed by atoms with Crippen LogP contribution in [0.4, 0.5) is 105 Å². The molecule has 1 aliphatic heterocycles. The van der Waals surface area contributed by atoms with Gasteiger partial charge in [-0.3, -0.25) is 0 Å². The summed E-state index contributed by atoms with van der Waals surface area (Å²) in [5.74, 6) is 1.62. The minimum atomic E-state index is -6.13. The van der Waals surface area contributed by atoms with E-state index in [9.17, 15) is 105 Å². The molecule has 99 heavy (non-hydrogen) atoms. The number of hydrogen-bond donors (Lipinski definition) is 0. The number of nitrogens with zero attached hydrogens (tertiary/aromatic N) is 1. The second-order valence-electron chi connectivity index (χ2n) is 23.7. The van der Waals surface area contributed by atoms with E-state index in [4.69, 9.17) is 9.73 Å². The number of hydrogen-bond acceptors (Lipinski definition) is 2. The van der Waals surface area contributed by atoms with Gasteiger partial charge in [-0.05, 0) is 91.3 Å². The topological polar surface area (TPSA) is 21.6 Å². The number of fused-ring (bicyclic) bond motifs is 1. The Bertz CT molecular complexity index is 3700. The Morgan fingerprint density at radius 2 is 0.606 bits per heavy atom. The molecule has 529 valence electrons. The van der Waals surface area contributed by atoms with Crippen molar-refractivity contribution in [1.29, 1.82) is 0 Å². The van der Waals surface area contributed by atoms with Crippen LogP contribution in [0.2, 0.25) is 0 Å². The van der Waals surface area contributed by atoms with Gasteiger partial charge >= 0.3 is 49.4 Å². The molecule has 0 bridgehead atoms. The molecular formula is C70H52BF24IrNOP-. The molecule has 1 radical (unpaired) electrons. The van der Waals surface area contributed by atoms with Crippen molar-refractivity contribution in [2.24, 2.45) is 10.4 Å². The Morgan fingerprint density at radius 3 is 0.889 bits per heavy atom. The van der Waals surface area contributed by atoms with E-state index in [0.29, 0.717) is 5.90 Å². The van der Waals surface area contributed by atoms with Crippen LogP contribution in [0, 0.1) is 5.41 Å². The van der Waals surface area contributed by atoms with Gasteiger partial charge in [0.25, 0.3) is 0 Å². The van der Waals surface area contributed by atoms with Gasteiger partial charge in [0.15, 0.2) is 0 Å². The maximum absolute atomic E-state index is 14.2. The summed E-state index contributed by atoms with van der Waals surface area (Å²) in [6.45, 7) is 6.73. The molecule has 0 fully saturated rings. The first-order valence-corrected chi connectivity index (χ1v) is 30.6. The molecule has 0 unspecified atom stereocenters. The summed E-state index contributed by atoms with van der Waals surface area (Å²) < 4.78 is 347. The third kappa shape index (κ3) is 19.0. The van der Waals surface area contributed by atoms with E-state index in [0.717, 1.165) is 16.9 Å². The molecule has 0 aromatic heterocycles. The SMILES string of the molecule is C1=C\CC/C=C\CC/1.CC(C)(C)[C@@H]1N=C(c2ccccc2P(c2ccccc2)c2ccccc2)Oc2ccccc21.FC(F)(F)c1cc([B-](c2cc(C(F)(F)F)cc(C(F)(F)F)c2)(c2cc(C(F)(F)F)cc(C(F)(F)F)c2)c2cc(C(F)(F)F)cc(C(F)(F)F)c2)cc(C(F)(F)F)c1.[Ir]. The molecule has 1 atom stereocenters. The zero-order chi connectivity index (χ0) is 72.4. The summed E-state index contributed by atoms with van der Waals surface area (Å²) in [7, 11) is -0.762. The van der Waals surface area contributed by atoms with Gasteiger partial charge in [-0.1, -0.05) is 191 Å². The Kier molecular flexibility index (Phi) is 23.6. The summed E-state index contributed by atoms with van der Waals surface area (Å²) in [5, 5.41) is 3.89. The number of rotatable bonds is 8. The average molecular weight is 1610 g/mol. The third-order valence-electron chi connectivity index (χ3n) is 15.7. The van der Waals surface area contributed by atoms with Crippen LogP contribution < -0.4 is 42.5 Å². The van der Waals surface area contributed by atoms with Crippen LogP contribution in [-0.4, -0.2) is 12.0 Å². The number of aliphatic imine (C=N–C) groups is 1. The minimum Gasteiger partial charge on any atom is -0.438 e. The van der Waals surface area contributed by atoms with Gasteiger partial charge in [0.2, 0.25) is 5.90 Å². The molecule has 1 heterocycles. The van der Waals surface area contributed by atoms with Gasteiger partial charge in [-0.15, -0.1) is 0 Å². The Balaban J connectivity index is 0.000000273. The predicted octanol–water partition coefficient (Wildman–Crippen LogP) is 20.3. The quantitative estimate of drug-likeness (QED) is 0.0643. The molecule has 0 saturated carbocycles. The zero-order valence-corrected chi connectivity index (χ0v) is 54.6. The van der Waals surface area contributed by atoms with Crippen molar-refractivity contribution in [2.45, 2.75) is 102 Å². The summed E-state index contributed by atoms with van der Waals surface area (Å²) >= 11 is 0. The smallest absolute Gasteiger partial charge is 0.416 e. The molecule has 2 nitrogen and oxygen atoms in total. The van der Waals surface area contributed by atoms with Crippen LogP contribution in [0.1, 0.15) is 108 Å². The number of ether oxygens (including phenoxy) is 1. The van der Waals surface area contributed by atoms with Gasteiger partial charge < -0.3 is 4.74 Å². The van der Waals surface area contributed by atoms with Crippen LogP contribution >= 0.6 is 7.92 Å². The summed E-state index contributed by atoms with van der Waals surface area (Å²) in [4.78, 5) is 5.20. The van der Waals surface area contributed by atoms with E-state index >= 15 is 0 Å². The standard InChI is InChI=1S/C32H12BF24.C30H28NOP.C8H12.Ir/c34-25(35,36)13-1-14(26(37,38)39)6-21(5-13)33(22-7-15(27(40,41)42)2-16(8-22)28(43,44)45,23-9-17(29(46,47)48)3-18(10-23)30(49,50)51)24-11-19(31(52,53)54)4-20(12-24)32(55,56)57;1-30(2,3)28-24-18-10-12-20-26(24)32-29(31-28)25-19-11-13-21-27(25)33(22-14-6-4-7-15-22)23-16-8-5-9-17-23;1-2-4-6-8-7-5-3-1;/h1-12H;4-21,28H,1-3H3;1-2,7-8H,3-6H2;/q-1;;;/b;;2-1-,8-7-;/t;28-;;/m.1../s1. The molecule has 0 amide bonds. The van der Waals surface area contributed by atoms with E-state index in [2.05, 4.69) is 148 Å². The predicted molar refractivity (Wildman–Crippen MR) is 328 cm³/mol. The van der Waals surface area contributed by atoms with Crippen LogP contribution in [-0.2, 0) is 69.5 Å². The fourth-order valence-corrected chi connectivity index (χ4v) is 13.7. The fourth-order valence-electron chi connectivity index (χ4n) is 11.3. The van der Waals surface area contributed by atoms with E-state index in [1.807, 2.05) is 6.07 Å². The Labute approximate surface area is 565 Å².